The van der Waals surface area contributed by atoms with Crippen LogP contribution in [0.4, 0.5) is 0 Å². The maximum atomic E-state index is 9.69. The first-order valence-corrected chi connectivity index (χ1v) is 5.72. The second-order valence-electron chi connectivity index (χ2n) is 4.46. The van der Waals surface area contributed by atoms with Crippen molar-refractivity contribution in [2.75, 3.05) is 19.6 Å². The van der Waals surface area contributed by atoms with E-state index < -0.39 is 0 Å². The van der Waals surface area contributed by atoms with Crippen LogP contribution in [0.1, 0.15) is 33.1 Å². The monoisotopic (exact) mass is 201 g/mol. The third kappa shape index (κ3) is 3.56. The van der Waals surface area contributed by atoms with Gasteiger partial charge in [0.25, 0.3) is 0 Å². The second-order valence-corrected chi connectivity index (χ2v) is 4.46. The molecular weight excluding hydrogens is 178 g/mol. The van der Waals surface area contributed by atoms with Crippen LogP contribution in [0.25, 0.3) is 0 Å². The fourth-order valence-electron chi connectivity index (χ4n) is 2.07. The molecule has 14 heavy (non-hydrogen) atoms. The van der Waals surface area contributed by atoms with Gasteiger partial charge in [0.1, 0.15) is 0 Å². The summed E-state index contributed by atoms with van der Waals surface area (Å²) < 4.78 is 0. The summed E-state index contributed by atoms with van der Waals surface area (Å²) in [6, 6.07) is 0. The molecule has 0 saturated carbocycles. The van der Waals surface area contributed by atoms with Crippen LogP contribution in [0.3, 0.4) is 0 Å². The molecule has 0 aromatic heterocycles. The minimum atomic E-state index is -0.207. The SMILES string of the molecule is CCC1CN(CCC(C)O)CCC1O. The summed E-state index contributed by atoms with van der Waals surface area (Å²) in [5.74, 6) is 0.428. The molecular formula is C11H23NO2. The molecule has 2 N–H and O–H groups in total. The summed E-state index contributed by atoms with van der Waals surface area (Å²) >= 11 is 0. The number of hydrogen-bond acceptors (Lipinski definition) is 3. The molecule has 1 fully saturated rings. The predicted octanol–water partition coefficient (Wildman–Crippen LogP) is 0.850. The van der Waals surface area contributed by atoms with Gasteiger partial charge in [0.2, 0.25) is 0 Å². The quantitative estimate of drug-likeness (QED) is 0.708. The molecule has 0 aromatic carbocycles. The van der Waals surface area contributed by atoms with Crippen molar-refractivity contribution in [3.05, 3.63) is 0 Å². The van der Waals surface area contributed by atoms with Crippen molar-refractivity contribution in [1.82, 2.24) is 4.90 Å². The smallest absolute Gasteiger partial charge is 0.0592 e. The first kappa shape index (κ1) is 12.0. The number of aliphatic hydroxyl groups excluding tert-OH is 2. The van der Waals surface area contributed by atoms with E-state index in [0.717, 1.165) is 38.9 Å². The van der Waals surface area contributed by atoms with Crippen LogP contribution in [0, 0.1) is 5.92 Å². The normalized spacial score (nSPS) is 31.7. The first-order chi connectivity index (χ1) is 6.63. The summed E-state index contributed by atoms with van der Waals surface area (Å²) in [4.78, 5) is 2.35. The van der Waals surface area contributed by atoms with Crippen LogP contribution in [-0.4, -0.2) is 47.0 Å². The van der Waals surface area contributed by atoms with E-state index in [9.17, 15) is 10.2 Å². The van der Waals surface area contributed by atoms with Crippen molar-refractivity contribution < 1.29 is 10.2 Å². The molecule has 0 radical (unpaired) electrons. The number of hydrogen-bond donors (Lipinski definition) is 2. The van der Waals surface area contributed by atoms with Gasteiger partial charge in [-0.2, -0.15) is 0 Å². The van der Waals surface area contributed by atoms with Gasteiger partial charge in [0, 0.05) is 19.6 Å². The molecule has 3 unspecified atom stereocenters. The Morgan fingerprint density at radius 3 is 2.79 bits per heavy atom. The molecule has 0 amide bonds. The fraction of sp³-hybridized carbons (Fsp3) is 1.00. The van der Waals surface area contributed by atoms with E-state index in [0.29, 0.717) is 5.92 Å². The summed E-state index contributed by atoms with van der Waals surface area (Å²) in [5, 5.41) is 18.9. The maximum absolute atomic E-state index is 9.69. The summed E-state index contributed by atoms with van der Waals surface area (Å²) in [7, 11) is 0. The average molecular weight is 201 g/mol. The Morgan fingerprint density at radius 1 is 1.50 bits per heavy atom. The van der Waals surface area contributed by atoms with Crippen LogP contribution in [-0.2, 0) is 0 Å². The molecule has 0 aliphatic carbocycles. The minimum Gasteiger partial charge on any atom is -0.393 e. The number of likely N-dealkylation sites (tertiary alicyclic amines) is 1. The number of rotatable bonds is 4. The molecule has 3 atom stereocenters. The molecule has 0 aromatic rings. The Labute approximate surface area is 86.7 Å². The number of nitrogens with zero attached hydrogens (tertiary/aromatic N) is 1. The maximum Gasteiger partial charge on any atom is 0.0592 e. The number of aliphatic hydroxyl groups is 2. The standard InChI is InChI=1S/C11H23NO2/c1-3-10-8-12(6-4-9(2)13)7-5-11(10)14/h9-11,13-14H,3-8H2,1-2H3. The lowest BCUT2D eigenvalue weighted by Gasteiger charge is -2.35. The van der Waals surface area contributed by atoms with Crippen LogP contribution in [0.5, 0.6) is 0 Å². The second kappa shape index (κ2) is 5.69. The molecule has 1 saturated heterocycles. The lowest BCUT2D eigenvalue weighted by atomic mass is 9.92. The number of piperidine rings is 1. The van der Waals surface area contributed by atoms with E-state index in [1.165, 1.54) is 0 Å². The third-order valence-corrected chi connectivity index (χ3v) is 3.17. The molecule has 1 rings (SSSR count). The van der Waals surface area contributed by atoms with Crippen molar-refractivity contribution in [3.8, 4) is 0 Å². The molecule has 3 heteroatoms. The van der Waals surface area contributed by atoms with E-state index >= 15 is 0 Å². The Bertz CT molecular complexity index is 161. The highest BCUT2D eigenvalue weighted by Crippen LogP contribution is 2.20. The Balaban J connectivity index is 2.27. The summed E-state index contributed by atoms with van der Waals surface area (Å²) in [5.41, 5.74) is 0. The highest BCUT2D eigenvalue weighted by atomic mass is 16.3. The summed E-state index contributed by atoms with van der Waals surface area (Å²) in [6.07, 6.45) is 2.46. The molecule has 0 bridgehead atoms. The molecule has 1 heterocycles. The van der Waals surface area contributed by atoms with Crippen molar-refractivity contribution in [1.29, 1.82) is 0 Å². The third-order valence-electron chi connectivity index (χ3n) is 3.17. The van der Waals surface area contributed by atoms with Crippen molar-refractivity contribution >= 4 is 0 Å². The average Bonchev–Trinajstić information content (AvgIpc) is 2.16. The van der Waals surface area contributed by atoms with Crippen molar-refractivity contribution in [2.45, 2.75) is 45.3 Å². The van der Waals surface area contributed by atoms with Crippen LogP contribution in [0.2, 0.25) is 0 Å². The van der Waals surface area contributed by atoms with Crippen LogP contribution in [0.15, 0.2) is 0 Å². The fourth-order valence-corrected chi connectivity index (χ4v) is 2.07. The topological polar surface area (TPSA) is 43.7 Å². The molecule has 0 spiro atoms. The van der Waals surface area contributed by atoms with Crippen molar-refractivity contribution in [2.24, 2.45) is 5.92 Å². The van der Waals surface area contributed by atoms with Gasteiger partial charge < -0.3 is 15.1 Å². The molecule has 3 nitrogen and oxygen atoms in total. The zero-order chi connectivity index (χ0) is 10.6. The molecule has 1 aliphatic heterocycles. The molecule has 1 aliphatic rings. The van der Waals surface area contributed by atoms with Crippen LogP contribution < -0.4 is 0 Å². The zero-order valence-corrected chi connectivity index (χ0v) is 9.32. The van der Waals surface area contributed by atoms with E-state index in [2.05, 4.69) is 11.8 Å². The van der Waals surface area contributed by atoms with Gasteiger partial charge in [-0.05, 0) is 32.1 Å². The van der Waals surface area contributed by atoms with E-state index in [-0.39, 0.29) is 12.2 Å². The van der Waals surface area contributed by atoms with Gasteiger partial charge in [-0.3, -0.25) is 0 Å². The Hall–Kier alpha value is -0.120. The highest BCUT2D eigenvalue weighted by molar-refractivity contribution is 4.79. The van der Waals surface area contributed by atoms with E-state index in [4.69, 9.17) is 0 Å². The molecule has 84 valence electrons. The summed E-state index contributed by atoms with van der Waals surface area (Å²) in [6.45, 7) is 6.89. The zero-order valence-electron chi connectivity index (χ0n) is 9.32. The van der Waals surface area contributed by atoms with Gasteiger partial charge in [-0.15, -0.1) is 0 Å². The minimum absolute atomic E-state index is 0.109. The largest absolute Gasteiger partial charge is 0.393 e. The van der Waals surface area contributed by atoms with E-state index in [1.54, 1.807) is 0 Å². The van der Waals surface area contributed by atoms with Gasteiger partial charge >= 0.3 is 0 Å². The Kier molecular flexibility index (Phi) is 4.85. The van der Waals surface area contributed by atoms with Gasteiger partial charge in [0.15, 0.2) is 0 Å². The Morgan fingerprint density at radius 2 is 2.21 bits per heavy atom. The van der Waals surface area contributed by atoms with E-state index in [1.807, 2.05) is 6.92 Å². The van der Waals surface area contributed by atoms with Crippen molar-refractivity contribution in [3.63, 3.8) is 0 Å². The predicted molar refractivity (Wildman–Crippen MR) is 57.1 cm³/mol. The van der Waals surface area contributed by atoms with Gasteiger partial charge in [-0.25, -0.2) is 0 Å². The lowest BCUT2D eigenvalue weighted by molar-refractivity contribution is 0.0206. The van der Waals surface area contributed by atoms with Gasteiger partial charge in [0.05, 0.1) is 12.2 Å². The van der Waals surface area contributed by atoms with Crippen LogP contribution >= 0.6 is 0 Å². The highest BCUT2D eigenvalue weighted by Gasteiger charge is 2.25. The van der Waals surface area contributed by atoms with Gasteiger partial charge in [-0.1, -0.05) is 6.92 Å². The first-order valence-electron chi connectivity index (χ1n) is 5.72. The lowest BCUT2D eigenvalue weighted by Crippen LogP contribution is -2.43.